The average Bonchev–Trinajstić information content (AvgIpc) is 2.15. The van der Waals surface area contributed by atoms with Crippen LogP contribution in [0.15, 0.2) is 36.4 Å². The summed E-state index contributed by atoms with van der Waals surface area (Å²) < 4.78 is 0. The van der Waals surface area contributed by atoms with Crippen LogP contribution < -0.4 is 0 Å². The summed E-state index contributed by atoms with van der Waals surface area (Å²) in [4.78, 5) is 20.7. The molecular formula is C12H12O4. The van der Waals surface area contributed by atoms with E-state index >= 15 is 0 Å². The normalized spacial score (nSPS) is 12.0. The van der Waals surface area contributed by atoms with Gasteiger partial charge in [-0.1, -0.05) is 12.2 Å². The first-order valence-electron chi connectivity index (χ1n) is 4.83. The topological polar surface area (TPSA) is 74.6 Å². The molecule has 0 atom stereocenters. The van der Waals surface area contributed by atoms with Gasteiger partial charge in [0.05, 0.1) is 11.1 Å². The predicted octanol–water partition coefficient (Wildman–Crippen LogP) is 2.42. The Morgan fingerprint density at radius 2 is 1.06 bits per heavy atom. The Bertz CT molecular complexity index is 365. The highest BCUT2D eigenvalue weighted by Crippen LogP contribution is 2.03. The maximum absolute atomic E-state index is 10.3. The van der Waals surface area contributed by atoms with E-state index in [1.54, 1.807) is 0 Å². The zero-order valence-corrected chi connectivity index (χ0v) is 8.59. The summed E-state index contributed by atoms with van der Waals surface area (Å²) in [7, 11) is 0. The molecule has 0 fully saturated rings. The van der Waals surface area contributed by atoms with Gasteiger partial charge in [0.2, 0.25) is 0 Å². The molecule has 1 aromatic rings. The zero-order chi connectivity index (χ0) is 12.0. The minimum atomic E-state index is -1.06. The van der Waals surface area contributed by atoms with Gasteiger partial charge in [0, 0.05) is 0 Å². The molecule has 1 aromatic carbocycles. The number of hydrogen-bond acceptors (Lipinski definition) is 2. The number of aromatic carboxylic acids is 2. The van der Waals surface area contributed by atoms with Crippen LogP contribution in [0.5, 0.6) is 0 Å². The largest absolute Gasteiger partial charge is 0.478 e. The summed E-state index contributed by atoms with van der Waals surface area (Å²) in [5, 5.41) is 16.9. The molecule has 0 amide bonds. The van der Waals surface area contributed by atoms with Gasteiger partial charge >= 0.3 is 11.9 Å². The molecule has 16 heavy (non-hydrogen) atoms. The Labute approximate surface area is 92.8 Å². The molecule has 0 unspecified atom stereocenters. The van der Waals surface area contributed by atoms with Crippen molar-refractivity contribution in [1.82, 2.24) is 0 Å². The van der Waals surface area contributed by atoms with Crippen LogP contribution in [0.2, 0.25) is 0 Å². The average molecular weight is 220 g/mol. The summed E-state index contributed by atoms with van der Waals surface area (Å²) >= 11 is 0. The highest BCUT2D eigenvalue weighted by Gasteiger charge is 2.04. The second-order valence-corrected chi connectivity index (χ2v) is 3.24. The third-order valence-electron chi connectivity index (χ3n) is 2.05. The zero-order valence-electron chi connectivity index (χ0n) is 8.59. The Morgan fingerprint density at radius 1 is 0.812 bits per heavy atom. The van der Waals surface area contributed by atoms with E-state index in [0.717, 1.165) is 0 Å². The fourth-order valence-electron chi connectivity index (χ4n) is 0.922. The number of carboxylic acids is 2. The Morgan fingerprint density at radius 3 is 1.19 bits per heavy atom. The van der Waals surface area contributed by atoms with Gasteiger partial charge in [0.1, 0.15) is 0 Å². The van der Waals surface area contributed by atoms with Gasteiger partial charge in [-0.3, -0.25) is 0 Å². The molecule has 4 nitrogen and oxygen atoms in total. The van der Waals surface area contributed by atoms with Crippen LogP contribution in [-0.4, -0.2) is 22.2 Å². The SMILES string of the molecule is C1=CCC1.O=C(O)c1ccc(C(=O)O)cc1. The van der Waals surface area contributed by atoms with Gasteiger partial charge in [-0.25, -0.2) is 9.59 Å². The minimum Gasteiger partial charge on any atom is -0.478 e. The number of carboxylic acid groups (broad SMARTS) is 2. The third kappa shape index (κ3) is 3.57. The first-order chi connectivity index (χ1) is 7.61. The summed E-state index contributed by atoms with van der Waals surface area (Å²) in [6, 6.07) is 5.02. The predicted molar refractivity (Wildman–Crippen MR) is 58.7 cm³/mol. The summed E-state index contributed by atoms with van der Waals surface area (Å²) in [5.41, 5.74) is 0.167. The van der Waals surface area contributed by atoms with Crippen molar-refractivity contribution in [1.29, 1.82) is 0 Å². The maximum Gasteiger partial charge on any atom is 0.335 e. The molecule has 4 heteroatoms. The lowest BCUT2D eigenvalue weighted by Gasteiger charge is -1.94. The van der Waals surface area contributed by atoms with Crippen molar-refractivity contribution in [3.63, 3.8) is 0 Å². The molecular weight excluding hydrogens is 208 g/mol. The fraction of sp³-hybridized carbons (Fsp3) is 0.167. The molecule has 0 heterocycles. The standard InChI is InChI=1S/C8H6O4.C4H6/c9-7(10)5-1-2-6(4-3-5)8(11)12;1-2-4-3-1/h1-4H,(H,9,10)(H,11,12);1-2H,3-4H2. The van der Waals surface area contributed by atoms with Crippen LogP contribution in [0, 0.1) is 0 Å². The summed E-state index contributed by atoms with van der Waals surface area (Å²) in [5.74, 6) is -2.13. The minimum absolute atomic E-state index is 0.0833. The Hall–Kier alpha value is -2.10. The van der Waals surface area contributed by atoms with Crippen LogP contribution in [0.25, 0.3) is 0 Å². The van der Waals surface area contributed by atoms with Gasteiger partial charge in [-0.15, -0.1) is 0 Å². The quantitative estimate of drug-likeness (QED) is 0.750. The highest BCUT2D eigenvalue weighted by atomic mass is 16.4. The van der Waals surface area contributed by atoms with E-state index in [4.69, 9.17) is 10.2 Å². The number of hydrogen-bond donors (Lipinski definition) is 2. The van der Waals surface area contributed by atoms with Gasteiger partial charge in [0.15, 0.2) is 0 Å². The van der Waals surface area contributed by atoms with Crippen LogP contribution in [-0.2, 0) is 0 Å². The smallest absolute Gasteiger partial charge is 0.335 e. The van der Waals surface area contributed by atoms with Crippen molar-refractivity contribution < 1.29 is 19.8 Å². The van der Waals surface area contributed by atoms with E-state index in [1.807, 2.05) is 0 Å². The Kier molecular flexibility index (Phi) is 4.27. The molecule has 0 spiro atoms. The van der Waals surface area contributed by atoms with E-state index in [1.165, 1.54) is 37.1 Å². The van der Waals surface area contributed by atoms with E-state index < -0.39 is 11.9 Å². The molecule has 0 radical (unpaired) electrons. The van der Waals surface area contributed by atoms with Gasteiger partial charge in [-0.2, -0.15) is 0 Å². The van der Waals surface area contributed by atoms with Crippen LogP contribution in [0.3, 0.4) is 0 Å². The molecule has 0 bridgehead atoms. The van der Waals surface area contributed by atoms with Crippen molar-refractivity contribution in [2.45, 2.75) is 12.8 Å². The second kappa shape index (κ2) is 5.70. The first-order valence-corrected chi connectivity index (χ1v) is 4.83. The molecule has 1 aliphatic carbocycles. The second-order valence-electron chi connectivity index (χ2n) is 3.24. The molecule has 0 aromatic heterocycles. The molecule has 84 valence electrons. The number of benzene rings is 1. The summed E-state index contributed by atoms with van der Waals surface area (Å²) in [6.07, 6.45) is 7.00. The van der Waals surface area contributed by atoms with Crippen molar-refractivity contribution in [2.75, 3.05) is 0 Å². The van der Waals surface area contributed by atoms with Crippen LogP contribution in [0.4, 0.5) is 0 Å². The maximum atomic E-state index is 10.3. The molecule has 0 saturated heterocycles. The van der Waals surface area contributed by atoms with Gasteiger partial charge in [-0.05, 0) is 37.1 Å². The number of carbonyl (C=O) groups is 2. The van der Waals surface area contributed by atoms with Crippen molar-refractivity contribution in [3.8, 4) is 0 Å². The molecule has 2 N–H and O–H groups in total. The van der Waals surface area contributed by atoms with Gasteiger partial charge in [0.25, 0.3) is 0 Å². The van der Waals surface area contributed by atoms with Crippen molar-refractivity contribution in [2.24, 2.45) is 0 Å². The fourth-order valence-corrected chi connectivity index (χ4v) is 0.922. The molecule has 0 saturated carbocycles. The Balaban J connectivity index is 0.000000267. The number of rotatable bonds is 2. The van der Waals surface area contributed by atoms with Crippen LogP contribution >= 0.6 is 0 Å². The lowest BCUT2D eigenvalue weighted by Crippen LogP contribution is -1.99. The molecule has 2 rings (SSSR count). The number of allylic oxidation sites excluding steroid dienone is 2. The van der Waals surface area contributed by atoms with E-state index in [2.05, 4.69) is 12.2 Å². The third-order valence-corrected chi connectivity index (χ3v) is 2.05. The lowest BCUT2D eigenvalue weighted by molar-refractivity contribution is 0.0681. The molecule has 0 aliphatic heterocycles. The monoisotopic (exact) mass is 220 g/mol. The summed E-state index contributed by atoms with van der Waals surface area (Å²) in [6.45, 7) is 0. The van der Waals surface area contributed by atoms with Crippen molar-refractivity contribution >= 4 is 11.9 Å². The van der Waals surface area contributed by atoms with Gasteiger partial charge < -0.3 is 10.2 Å². The van der Waals surface area contributed by atoms with Crippen molar-refractivity contribution in [3.05, 3.63) is 47.5 Å². The van der Waals surface area contributed by atoms with E-state index in [-0.39, 0.29) is 11.1 Å². The lowest BCUT2D eigenvalue weighted by atomic mass is 10.1. The highest BCUT2D eigenvalue weighted by molar-refractivity contribution is 5.91. The first kappa shape index (κ1) is 12.0. The van der Waals surface area contributed by atoms with E-state index in [0.29, 0.717) is 0 Å². The van der Waals surface area contributed by atoms with E-state index in [9.17, 15) is 9.59 Å². The molecule has 1 aliphatic rings. The van der Waals surface area contributed by atoms with Crippen LogP contribution in [0.1, 0.15) is 33.6 Å².